The first-order valence-corrected chi connectivity index (χ1v) is 17.2. The molecule has 0 saturated heterocycles. The van der Waals surface area contributed by atoms with Crippen molar-refractivity contribution in [1.82, 2.24) is 0 Å². The maximum atomic E-state index is 11.0. The number of aliphatic hydroxyl groups is 2. The molecule has 0 aliphatic carbocycles. The maximum Gasteiger partial charge on any atom is 0.261 e. The molecule has 3 aromatic carbocycles. The highest BCUT2D eigenvalue weighted by Gasteiger charge is 2.50. The van der Waals surface area contributed by atoms with Crippen LogP contribution in [0, 0.1) is 3.57 Å². The standard InChI is InChI=1S/C35H39IO6Si/c1-35(2,3)43(27-14-7-5-8-15-27,28-16-9-6-10-17-28)42-24-25(21-31(38)32-19-12-20-41-32)13-11-18-30(37)26-22-29(36)34(39)33(23-26)40-4/h5-12,14-17,19-20,22-23,30-31,37-39H,18,21,24H2,1-4H3/t13?,30-,31-/m1/s1. The van der Waals surface area contributed by atoms with Crippen LogP contribution in [-0.2, 0) is 4.43 Å². The van der Waals surface area contributed by atoms with E-state index in [9.17, 15) is 15.3 Å². The fraction of sp³-hybridized carbons (Fsp3) is 0.286. The second kappa shape index (κ2) is 14.6. The van der Waals surface area contributed by atoms with Crippen molar-refractivity contribution in [3.8, 4) is 11.5 Å². The minimum atomic E-state index is -2.83. The molecule has 226 valence electrons. The summed E-state index contributed by atoms with van der Waals surface area (Å²) in [5.41, 5.74) is 4.71. The molecule has 0 aliphatic rings. The number of aromatic hydroxyl groups is 1. The van der Waals surface area contributed by atoms with E-state index in [0.29, 0.717) is 20.6 Å². The first-order chi connectivity index (χ1) is 20.6. The second-order valence-electron chi connectivity index (χ2n) is 11.4. The summed E-state index contributed by atoms with van der Waals surface area (Å²) in [7, 11) is -1.35. The molecule has 6 nitrogen and oxygen atoms in total. The van der Waals surface area contributed by atoms with Crippen molar-refractivity contribution in [3.63, 3.8) is 0 Å². The van der Waals surface area contributed by atoms with Gasteiger partial charge in [0.1, 0.15) is 11.9 Å². The number of rotatable bonds is 12. The molecule has 0 amide bonds. The van der Waals surface area contributed by atoms with Crippen LogP contribution >= 0.6 is 22.6 Å². The molecule has 0 aliphatic heterocycles. The number of furan rings is 1. The number of ether oxygens (including phenoxy) is 1. The van der Waals surface area contributed by atoms with Gasteiger partial charge in [-0.2, -0.15) is 0 Å². The van der Waals surface area contributed by atoms with Crippen molar-refractivity contribution in [3.05, 3.63) is 123 Å². The summed E-state index contributed by atoms with van der Waals surface area (Å²) in [6.07, 6.45) is 2.12. The summed E-state index contributed by atoms with van der Waals surface area (Å²) in [6, 6.07) is 27.7. The predicted molar refractivity (Wildman–Crippen MR) is 180 cm³/mol. The monoisotopic (exact) mass is 710 g/mol. The molecule has 0 fully saturated rings. The minimum Gasteiger partial charge on any atom is -0.504 e. The molecule has 0 unspecified atom stereocenters. The van der Waals surface area contributed by atoms with Crippen molar-refractivity contribution in [2.24, 2.45) is 0 Å². The van der Waals surface area contributed by atoms with Crippen LogP contribution in [0.4, 0.5) is 0 Å². The van der Waals surface area contributed by atoms with Crippen molar-refractivity contribution in [2.45, 2.75) is 50.9 Å². The third-order valence-corrected chi connectivity index (χ3v) is 13.3. The summed E-state index contributed by atoms with van der Waals surface area (Å²) in [5.74, 6) is 0.821. The summed E-state index contributed by atoms with van der Waals surface area (Å²) < 4.78 is 18.4. The minimum absolute atomic E-state index is 0.0455. The van der Waals surface area contributed by atoms with Gasteiger partial charge >= 0.3 is 0 Å². The fourth-order valence-electron chi connectivity index (χ4n) is 5.32. The Hall–Kier alpha value is -3.11. The maximum absolute atomic E-state index is 11.0. The van der Waals surface area contributed by atoms with Crippen molar-refractivity contribution >= 4 is 41.3 Å². The van der Waals surface area contributed by atoms with Gasteiger partial charge < -0.3 is 28.9 Å². The molecule has 0 spiro atoms. The highest BCUT2D eigenvalue weighted by atomic mass is 127. The molecular formula is C35H39IO6Si. The number of hydrogen-bond acceptors (Lipinski definition) is 6. The zero-order chi connectivity index (χ0) is 31.0. The Morgan fingerprint density at radius 1 is 0.953 bits per heavy atom. The topological polar surface area (TPSA) is 92.3 Å². The van der Waals surface area contributed by atoms with Gasteiger partial charge in [-0.05, 0) is 79.5 Å². The first kappa shape index (κ1) is 32.8. The number of benzene rings is 3. The summed E-state index contributed by atoms with van der Waals surface area (Å²) in [5, 5.41) is 34.3. The van der Waals surface area contributed by atoms with Gasteiger partial charge in [-0.25, -0.2) is 0 Å². The number of hydrogen-bond donors (Lipinski definition) is 3. The number of phenols is 1. The number of halogens is 1. The van der Waals surface area contributed by atoms with E-state index in [1.165, 1.54) is 7.11 Å². The average molecular weight is 711 g/mol. The quantitative estimate of drug-likeness (QED) is 0.0852. The molecule has 8 heteroatoms. The molecule has 0 saturated carbocycles. The lowest BCUT2D eigenvalue weighted by Gasteiger charge is -2.43. The Balaban J connectivity index is 1.70. The third kappa shape index (κ3) is 7.70. The smallest absolute Gasteiger partial charge is 0.261 e. The van der Waals surface area contributed by atoms with Gasteiger partial charge in [0.05, 0.1) is 29.7 Å². The predicted octanol–water partition coefficient (Wildman–Crippen LogP) is 6.80. The normalized spacial score (nSPS) is 13.2. The molecule has 0 radical (unpaired) electrons. The molecule has 4 aromatic rings. The van der Waals surface area contributed by atoms with Crippen LogP contribution < -0.4 is 15.1 Å². The van der Waals surface area contributed by atoms with Gasteiger partial charge in [0.25, 0.3) is 8.32 Å². The van der Waals surface area contributed by atoms with E-state index in [0.717, 1.165) is 15.9 Å². The number of methoxy groups -OCH3 is 1. The summed E-state index contributed by atoms with van der Waals surface area (Å²) >= 11 is 2.01. The van der Waals surface area contributed by atoms with Crippen LogP contribution in [0.25, 0.3) is 0 Å². The summed E-state index contributed by atoms with van der Waals surface area (Å²) in [6.45, 7) is 6.90. The SMILES string of the molecule is COc1cc([C@H](O)CC=C=C(CO[Si](c2ccccc2)(c2ccccc2)C(C)(C)C)C[C@@H](O)c2ccco2)cc(I)c1O. The lowest BCUT2D eigenvalue weighted by molar-refractivity contribution is 0.146. The van der Waals surface area contributed by atoms with E-state index >= 15 is 0 Å². The van der Waals surface area contributed by atoms with E-state index in [1.54, 1.807) is 36.6 Å². The van der Waals surface area contributed by atoms with Gasteiger partial charge in [0, 0.05) is 12.8 Å². The van der Waals surface area contributed by atoms with Crippen molar-refractivity contribution < 1.29 is 28.9 Å². The number of phenolic OH excluding ortho intramolecular Hbond substituents is 1. The highest BCUT2D eigenvalue weighted by Crippen LogP contribution is 2.38. The Morgan fingerprint density at radius 3 is 2.12 bits per heavy atom. The van der Waals surface area contributed by atoms with Gasteiger partial charge in [-0.1, -0.05) is 81.4 Å². The van der Waals surface area contributed by atoms with Crippen LogP contribution in [-0.4, -0.2) is 37.4 Å². The van der Waals surface area contributed by atoms with Gasteiger partial charge in [0.2, 0.25) is 0 Å². The second-order valence-corrected chi connectivity index (χ2v) is 16.9. The molecular weight excluding hydrogens is 671 g/mol. The highest BCUT2D eigenvalue weighted by molar-refractivity contribution is 14.1. The van der Waals surface area contributed by atoms with Crippen molar-refractivity contribution in [1.29, 1.82) is 0 Å². The average Bonchev–Trinajstić information content (AvgIpc) is 3.54. The molecule has 4 rings (SSSR count). The van der Waals surface area contributed by atoms with Gasteiger partial charge in [-0.3, -0.25) is 0 Å². The van der Waals surface area contributed by atoms with Crippen LogP contribution in [0.3, 0.4) is 0 Å². The Kier molecular flexibility index (Phi) is 11.1. The lowest BCUT2D eigenvalue weighted by Crippen LogP contribution is -2.66. The lowest BCUT2D eigenvalue weighted by atomic mass is 10.0. The molecule has 2 atom stereocenters. The molecule has 0 bridgehead atoms. The Labute approximate surface area is 268 Å². The number of aliphatic hydroxyl groups excluding tert-OH is 2. The van der Waals surface area contributed by atoms with Gasteiger partial charge in [-0.15, -0.1) is 5.73 Å². The van der Waals surface area contributed by atoms with Crippen LogP contribution in [0.2, 0.25) is 5.04 Å². The molecule has 1 aromatic heterocycles. The Morgan fingerprint density at radius 2 is 1.58 bits per heavy atom. The van der Waals surface area contributed by atoms with Gasteiger partial charge in [0.15, 0.2) is 11.5 Å². The largest absolute Gasteiger partial charge is 0.504 e. The first-order valence-electron chi connectivity index (χ1n) is 14.2. The molecule has 43 heavy (non-hydrogen) atoms. The zero-order valence-corrected chi connectivity index (χ0v) is 28.1. The fourth-order valence-corrected chi connectivity index (χ4v) is 10.5. The van der Waals surface area contributed by atoms with Crippen LogP contribution in [0.5, 0.6) is 11.5 Å². The third-order valence-electron chi connectivity index (χ3n) is 7.49. The van der Waals surface area contributed by atoms with Crippen LogP contribution in [0.15, 0.2) is 113 Å². The zero-order valence-electron chi connectivity index (χ0n) is 25.0. The van der Waals surface area contributed by atoms with Crippen LogP contribution in [0.1, 0.15) is 57.1 Å². The summed E-state index contributed by atoms with van der Waals surface area (Å²) in [4.78, 5) is 0. The van der Waals surface area contributed by atoms with Crippen molar-refractivity contribution in [2.75, 3.05) is 13.7 Å². The molecule has 3 N–H and O–H groups in total. The molecule has 1 heterocycles. The van der Waals surface area contributed by atoms with E-state index in [4.69, 9.17) is 13.6 Å². The van der Waals surface area contributed by atoms with E-state index < -0.39 is 20.5 Å². The van der Waals surface area contributed by atoms with E-state index in [1.807, 2.05) is 59.0 Å². The van der Waals surface area contributed by atoms with E-state index in [-0.39, 0.29) is 30.2 Å². The van der Waals surface area contributed by atoms with E-state index in [2.05, 4.69) is 50.8 Å². The Bertz CT molecular complexity index is 1480.